The third kappa shape index (κ3) is 3.70. The summed E-state index contributed by atoms with van der Waals surface area (Å²) < 4.78 is 40.2. The number of fused-ring (bicyclic) bond motifs is 1. The Kier molecular flexibility index (Phi) is 4.52. The molecule has 0 aliphatic heterocycles. The van der Waals surface area contributed by atoms with E-state index in [1.165, 1.54) is 6.33 Å². The Bertz CT molecular complexity index is 1140. The average Bonchev–Trinajstić information content (AvgIpc) is 3.11. The molecule has 0 spiro atoms. The van der Waals surface area contributed by atoms with Crippen molar-refractivity contribution >= 4 is 45.8 Å². The first-order valence-electron chi connectivity index (χ1n) is 8.06. The molecule has 0 unspecified atom stereocenters. The van der Waals surface area contributed by atoms with Gasteiger partial charge in [0.2, 0.25) is 5.95 Å². The molecule has 4 aromatic rings. The molecule has 6 nitrogen and oxygen atoms in total. The van der Waals surface area contributed by atoms with Crippen LogP contribution < -0.4 is 10.6 Å². The van der Waals surface area contributed by atoms with Crippen molar-refractivity contribution < 1.29 is 13.2 Å². The predicted molar refractivity (Wildman–Crippen MR) is 101 cm³/mol. The summed E-state index contributed by atoms with van der Waals surface area (Å²) in [5.74, 6) is -0.401. The number of anilines is 4. The molecule has 3 N–H and O–H groups in total. The van der Waals surface area contributed by atoms with Crippen molar-refractivity contribution in [2.75, 3.05) is 10.6 Å². The summed E-state index contributed by atoms with van der Waals surface area (Å²) in [6.45, 7) is 0. The Labute approximate surface area is 161 Å². The van der Waals surface area contributed by atoms with E-state index in [9.17, 15) is 13.2 Å². The number of nitrogens with one attached hydrogen (secondary N) is 3. The fraction of sp³-hybridized carbons (Fsp3) is 0.0556. The quantitative estimate of drug-likeness (QED) is 0.418. The maximum atomic E-state index is 13.4. The van der Waals surface area contributed by atoms with E-state index in [0.717, 1.165) is 6.20 Å². The first-order valence-corrected chi connectivity index (χ1v) is 8.44. The Morgan fingerprint density at radius 3 is 2.61 bits per heavy atom. The van der Waals surface area contributed by atoms with Gasteiger partial charge < -0.3 is 15.6 Å². The predicted octanol–water partition coefficient (Wildman–Crippen LogP) is 5.51. The molecule has 0 atom stereocenters. The minimum Gasteiger partial charge on any atom is -0.345 e. The van der Waals surface area contributed by atoms with Gasteiger partial charge in [-0.05, 0) is 30.3 Å². The van der Waals surface area contributed by atoms with Crippen LogP contribution in [-0.2, 0) is 6.18 Å². The number of nitrogens with zero attached hydrogens (tertiary/aromatic N) is 3. The topological polar surface area (TPSA) is 78.5 Å². The Morgan fingerprint density at radius 1 is 1.00 bits per heavy atom. The molecule has 2 heterocycles. The lowest BCUT2D eigenvalue weighted by Crippen LogP contribution is -2.12. The summed E-state index contributed by atoms with van der Waals surface area (Å²) in [4.78, 5) is 14.8. The van der Waals surface area contributed by atoms with E-state index in [1.54, 1.807) is 42.5 Å². The smallest absolute Gasteiger partial charge is 0.345 e. The van der Waals surface area contributed by atoms with Crippen LogP contribution in [0.4, 0.5) is 36.3 Å². The number of imidazole rings is 1. The maximum Gasteiger partial charge on any atom is 0.421 e. The highest BCUT2D eigenvalue weighted by Crippen LogP contribution is 2.36. The van der Waals surface area contributed by atoms with Crippen LogP contribution in [0.3, 0.4) is 0 Å². The van der Waals surface area contributed by atoms with Crippen molar-refractivity contribution in [2.45, 2.75) is 6.18 Å². The van der Waals surface area contributed by atoms with Crippen molar-refractivity contribution in [3.63, 3.8) is 0 Å². The fourth-order valence-electron chi connectivity index (χ4n) is 2.58. The number of aromatic nitrogens is 4. The van der Waals surface area contributed by atoms with Gasteiger partial charge in [-0.15, -0.1) is 0 Å². The second-order valence-corrected chi connectivity index (χ2v) is 6.23. The summed E-state index contributed by atoms with van der Waals surface area (Å²) >= 11 is 6.07. The Morgan fingerprint density at radius 2 is 1.82 bits per heavy atom. The highest BCUT2D eigenvalue weighted by molar-refractivity contribution is 6.33. The van der Waals surface area contributed by atoms with E-state index >= 15 is 0 Å². The van der Waals surface area contributed by atoms with Crippen LogP contribution in [0.2, 0.25) is 5.02 Å². The van der Waals surface area contributed by atoms with Gasteiger partial charge in [-0.2, -0.15) is 18.2 Å². The largest absolute Gasteiger partial charge is 0.421 e. The van der Waals surface area contributed by atoms with Gasteiger partial charge in [0.25, 0.3) is 0 Å². The summed E-state index contributed by atoms with van der Waals surface area (Å²) in [6, 6.07) is 11.7. The van der Waals surface area contributed by atoms with E-state index in [-0.39, 0.29) is 11.8 Å². The van der Waals surface area contributed by atoms with Gasteiger partial charge >= 0.3 is 6.18 Å². The van der Waals surface area contributed by atoms with Gasteiger partial charge in [0, 0.05) is 11.9 Å². The van der Waals surface area contributed by atoms with Gasteiger partial charge in [0.05, 0.1) is 28.1 Å². The molecule has 0 fully saturated rings. The zero-order chi connectivity index (χ0) is 19.7. The summed E-state index contributed by atoms with van der Waals surface area (Å²) in [7, 11) is 0. The number of hydrogen-bond donors (Lipinski definition) is 3. The first kappa shape index (κ1) is 18.1. The van der Waals surface area contributed by atoms with E-state index in [4.69, 9.17) is 11.6 Å². The fourth-order valence-corrected chi connectivity index (χ4v) is 2.76. The summed E-state index contributed by atoms with van der Waals surface area (Å²) in [5.41, 5.74) is 1.30. The van der Waals surface area contributed by atoms with Crippen molar-refractivity contribution in [1.29, 1.82) is 0 Å². The molecule has 0 aliphatic rings. The minimum absolute atomic E-state index is 0.0220. The van der Waals surface area contributed by atoms with Crippen LogP contribution in [0, 0.1) is 0 Å². The molecule has 28 heavy (non-hydrogen) atoms. The number of alkyl halides is 3. The van der Waals surface area contributed by atoms with Crippen LogP contribution in [-0.4, -0.2) is 19.9 Å². The molecule has 0 amide bonds. The highest BCUT2D eigenvalue weighted by atomic mass is 35.5. The molecule has 10 heteroatoms. The molecule has 2 aromatic heterocycles. The lowest BCUT2D eigenvalue weighted by atomic mass is 10.2. The third-order valence-corrected chi connectivity index (χ3v) is 4.23. The molecule has 0 saturated carbocycles. The Hall–Kier alpha value is -3.33. The Balaban J connectivity index is 1.71. The van der Waals surface area contributed by atoms with Crippen LogP contribution >= 0.6 is 11.6 Å². The number of rotatable bonds is 4. The number of benzene rings is 2. The second-order valence-electron chi connectivity index (χ2n) is 5.82. The molecule has 0 saturated heterocycles. The summed E-state index contributed by atoms with van der Waals surface area (Å²) in [6.07, 6.45) is -2.39. The molecule has 142 valence electrons. The normalized spacial score (nSPS) is 11.6. The molecule has 2 aromatic carbocycles. The van der Waals surface area contributed by atoms with Crippen LogP contribution in [0.25, 0.3) is 11.0 Å². The molecule has 0 radical (unpaired) electrons. The highest BCUT2D eigenvalue weighted by Gasteiger charge is 2.35. The lowest BCUT2D eigenvalue weighted by molar-refractivity contribution is -0.137. The van der Waals surface area contributed by atoms with E-state index in [2.05, 4.69) is 30.6 Å². The zero-order valence-electron chi connectivity index (χ0n) is 14.0. The van der Waals surface area contributed by atoms with Crippen molar-refractivity contribution in [1.82, 2.24) is 19.9 Å². The van der Waals surface area contributed by atoms with E-state index in [0.29, 0.717) is 27.4 Å². The molecular formula is C18H12ClF3N6. The number of halogens is 4. The molecule has 0 aliphatic carbocycles. The van der Waals surface area contributed by atoms with Crippen molar-refractivity contribution in [2.24, 2.45) is 0 Å². The average molecular weight is 405 g/mol. The van der Waals surface area contributed by atoms with Crippen LogP contribution in [0.15, 0.2) is 55.0 Å². The molecular weight excluding hydrogens is 393 g/mol. The third-order valence-electron chi connectivity index (χ3n) is 3.90. The van der Waals surface area contributed by atoms with E-state index in [1.807, 2.05) is 0 Å². The lowest BCUT2D eigenvalue weighted by Gasteiger charge is -2.15. The number of hydrogen-bond acceptors (Lipinski definition) is 5. The molecule has 4 rings (SSSR count). The van der Waals surface area contributed by atoms with Gasteiger partial charge in [-0.1, -0.05) is 23.7 Å². The van der Waals surface area contributed by atoms with Gasteiger partial charge in [0.1, 0.15) is 11.4 Å². The standard InChI is InChI=1S/C18H12ClF3N6/c19-12-3-1-2-4-13(12)27-17-23-8-11(18(20,21)22)16(28-17)26-10-5-6-14-15(7-10)25-9-24-14/h1-9H,(H,24,25)(H2,23,26,27,28). The SMILES string of the molecule is FC(F)(F)c1cnc(Nc2ccccc2Cl)nc1Nc1ccc2nc[nH]c2c1. The summed E-state index contributed by atoms with van der Waals surface area (Å²) in [5, 5.41) is 5.93. The van der Waals surface area contributed by atoms with Crippen LogP contribution in [0.5, 0.6) is 0 Å². The van der Waals surface area contributed by atoms with Gasteiger partial charge in [-0.25, -0.2) is 9.97 Å². The van der Waals surface area contributed by atoms with E-state index < -0.39 is 11.7 Å². The number of H-pyrrole nitrogens is 1. The first-order chi connectivity index (χ1) is 13.4. The second kappa shape index (κ2) is 7.01. The monoisotopic (exact) mass is 404 g/mol. The zero-order valence-corrected chi connectivity index (χ0v) is 14.8. The van der Waals surface area contributed by atoms with Gasteiger partial charge in [0.15, 0.2) is 0 Å². The van der Waals surface area contributed by atoms with Crippen molar-refractivity contribution in [3.8, 4) is 0 Å². The number of aromatic amines is 1. The van der Waals surface area contributed by atoms with Crippen LogP contribution in [0.1, 0.15) is 5.56 Å². The molecule has 0 bridgehead atoms. The van der Waals surface area contributed by atoms with Crippen molar-refractivity contribution in [3.05, 3.63) is 65.6 Å². The maximum absolute atomic E-state index is 13.4. The van der Waals surface area contributed by atoms with Gasteiger partial charge in [-0.3, -0.25) is 0 Å². The number of para-hydroxylation sites is 1. The minimum atomic E-state index is -4.62.